The van der Waals surface area contributed by atoms with Gasteiger partial charge in [0, 0.05) is 17.9 Å². The minimum atomic E-state index is -2.99. The van der Waals surface area contributed by atoms with E-state index in [1.54, 1.807) is 13.0 Å². The van der Waals surface area contributed by atoms with Crippen LogP contribution in [0.5, 0.6) is 5.75 Å². The van der Waals surface area contributed by atoms with Crippen LogP contribution in [0, 0.1) is 11.8 Å². The number of carbonyl (C=O) groups is 4. The Bertz CT molecular complexity index is 1440. The average Bonchev–Trinajstić information content (AvgIpc) is 2.86. The van der Waals surface area contributed by atoms with Crippen LogP contribution in [0.25, 0.3) is 5.76 Å². The fourth-order valence-electron chi connectivity index (χ4n) is 6.13. The number of Topliss-reactive ketones (excluding diaryl/α,β-unsaturated/α-hetero) is 2. The van der Waals surface area contributed by atoms with Gasteiger partial charge in [-0.1, -0.05) is 19.9 Å². The second-order valence-electron chi connectivity index (χ2n) is 10.0. The summed E-state index contributed by atoms with van der Waals surface area (Å²) >= 11 is 0. The minimum Gasteiger partial charge on any atom is -0.508 e. The van der Waals surface area contributed by atoms with Crippen LogP contribution in [0.1, 0.15) is 37.3 Å². The van der Waals surface area contributed by atoms with Gasteiger partial charge in [-0.15, -0.1) is 0 Å². The number of aliphatic hydroxyl groups excluding tert-OH is 2. The number of hydrogen-bond donors (Lipinski definition) is 5. The number of primary amides is 1. The number of likely N-dealkylation sites (N-methyl/N-ethyl adjacent to an activating group) is 1. The van der Waals surface area contributed by atoms with Crippen molar-refractivity contribution in [1.82, 2.24) is 4.90 Å². The first-order chi connectivity index (χ1) is 18.2. The molecule has 0 spiro atoms. The Morgan fingerprint density at radius 1 is 1.23 bits per heavy atom. The summed E-state index contributed by atoms with van der Waals surface area (Å²) in [4.78, 5) is 57.6. The van der Waals surface area contributed by atoms with Crippen molar-refractivity contribution in [1.29, 1.82) is 0 Å². The van der Waals surface area contributed by atoms with Gasteiger partial charge in [-0.05, 0) is 44.1 Å². The van der Waals surface area contributed by atoms with Crippen molar-refractivity contribution >= 4 is 40.8 Å². The summed E-state index contributed by atoms with van der Waals surface area (Å²) < 4.78 is 5.77. The van der Waals surface area contributed by atoms with E-state index in [-0.39, 0.29) is 17.7 Å². The first-order valence-corrected chi connectivity index (χ1v) is 12.2. The van der Waals surface area contributed by atoms with Crippen molar-refractivity contribution in [3.05, 3.63) is 46.7 Å². The molecule has 39 heavy (non-hydrogen) atoms. The second-order valence-corrected chi connectivity index (χ2v) is 10.0. The predicted octanol–water partition coefficient (Wildman–Crippen LogP) is 0.944. The van der Waals surface area contributed by atoms with Crippen LogP contribution < -0.4 is 5.73 Å². The Kier molecular flexibility index (Phi) is 6.76. The minimum absolute atomic E-state index is 0.00921. The standard InChI is InChI=1S/C27H29N3O9/c1-6-13(31)39-23-14-10(3)11-8-9-12(29-7-2)20(32)15(11)21(33)16(14)24(35)27(38)18(23)19(30(4)5)22(34)17(25(27)36)26(28)37/h8-10,14,18-19,23,32-33,36,38H,2,6H2,1,3-5H3,(H2,28,37). The van der Waals surface area contributed by atoms with E-state index in [0.717, 1.165) is 0 Å². The van der Waals surface area contributed by atoms with Crippen molar-refractivity contribution in [3.8, 4) is 5.75 Å². The van der Waals surface area contributed by atoms with Gasteiger partial charge in [-0.25, -0.2) is 4.99 Å². The van der Waals surface area contributed by atoms with Gasteiger partial charge in [-0.3, -0.25) is 24.1 Å². The lowest BCUT2D eigenvalue weighted by Gasteiger charge is -2.54. The molecule has 0 heterocycles. The number of benzene rings is 1. The van der Waals surface area contributed by atoms with Crippen LogP contribution in [0.15, 0.2) is 40.6 Å². The van der Waals surface area contributed by atoms with E-state index < -0.39 is 87.4 Å². The molecule has 0 aliphatic heterocycles. The topological polar surface area (TPSA) is 200 Å². The predicted molar refractivity (Wildman–Crippen MR) is 137 cm³/mol. The van der Waals surface area contributed by atoms with Crippen molar-refractivity contribution in [2.24, 2.45) is 22.6 Å². The number of aliphatic imine (C=N–C) groups is 1. The number of nitrogens with zero attached hydrogens (tertiary/aromatic N) is 2. The van der Waals surface area contributed by atoms with Crippen molar-refractivity contribution < 1.29 is 44.3 Å². The number of amides is 1. The van der Waals surface area contributed by atoms with E-state index in [4.69, 9.17) is 10.5 Å². The van der Waals surface area contributed by atoms with Gasteiger partial charge < -0.3 is 30.9 Å². The highest BCUT2D eigenvalue weighted by Crippen LogP contribution is 2.57. The van der Waals surface area contributed by atoms with Crippen LogP contribution in [0.3, 0.4) is 0 Å². The number of hydrogen-bond acceptors (Lipinski definition) is 11. The molecule has 3 aliphatic carbocycles. The third kappa shape index (κ3) is 3.71. The SMILES string of the molecule is C=C=Nc1ccc2c(c1O)C(O)=C1C(=O)C3(O)C(O)=C(C(N)=O)C(=O)C(N(C)C)C3C(OC(=O)CC)C1C2C. The van der Waals surface area contributed by atoms with E-state index in [0.29, 0.717) is 5.56 Å². The molecule has 1 aromatic carbocycles. The first-order valence-electron chi connectivity index (χ1n) is 12.2. The molecule has 1 aromatic rings. The molecule has 0 radical (unpaired) electrons. The Morgan fingerprint density at radius 2 is 1.87 bits per heavy atom. The molecule has 1 saturated carbocycles. The molecule has 6 atom stereocenters. The lowest BCUT2D eigenvalue weighted by Crippen LogP contribution is -2.71. The molecule has 1 fully saturated rings. The van der Waals surface area contributed by atoms with Crippen LogP contribution in [-0.2, 0) is 23.9 Å². The summed E-state index contributed by atoms with van der Waals surface area (Å²) in [6, 6.07) is 1.59. The van der Waals surface area contributed by atoms with E-state index >= 15 is 0 Å². The smallest absolute Gasteiger partial charge is 0.305 e. The zero-order valence-corrected chi connectivity index (χ0v) is 21.8. The van der Waals surface area contributed by atoms with Crippen LogP contribution in [0.2, 0.25) is 0 Å². The van der Waals surface area contributed by atoms with E-state index in [2.05, 4.69) is 17.4 Å². The molecule has 3 aliphatic rings. The molecule has 0 saturated heterocycles. The lowest BCUT2D eigenvalue weighted by atomic mass is 9.54. The fraction of sp³-hybridized carbons (Fsp3) is 0.407. The highest BCUT2D eigenvalue weighted by atomic mass is 16.5. The van der Waals surface area contributed by atoms with Gasteiger partial charge in [0.2, 0.25) is 5.78 Å². The third-order valence-electron chi connectivity index (χ3n) is 7.84. The number of aliphatic hydroxyl groups is 3. The number of rotatable bonds is 5. The van der Waals surface area contributed by atoms with E-state index in [9.17, 15) is 39.6 Å². The zero-order chi connectivity index (χ0) is 29.1. The van der Waals surface area contributed by atoms with Gasteiger partial charge in [0.25, 0.3) is 5.91 Å². The number of nitrogens with two attached hydrogens (primary N) is 1. The van der Waals surface area contributed by atoms with Crippen molar-refractivity contribution in [3.63, 3.8) is 0 Å². The number of aromatic hydroxyl groups is 1. The lowest BCUT2D eigenvalue weighted by molar-refractivity contribution is -0.185. The Morgan fingerprint density at radius 3 is 2.41 bits per heavy atom. The zero-order valence-electron chi connectivity index (χ0n) is 21.8. The van der Waals surface area contributed by atoms with E-state index in [1.165, 1.54) is 32.0 Å². The van der Waals surface area contributed by atoms with Crippen LogP contribution >= 0.6 is 0 Å². The van der Waals surface area contributed by atoms with Crippen LogP contribution in [-0.4, -0.2) is 86.5 Å². The molecule has 206 valence electrons. The summed E-state index contributed by atoms with van der Waals surface area (Å²) in [7, 11) is 2.91. The molecule has 4 rings (SSSR count). The summed E-state index contributed by atoms with van der Waals surface area (Å²) in [6.07, 6.45) is -1.54. The normalized spacial score (nSPS) is 29.8. The summed E-state index contributed by atoms with van der Waals surface area (Å²) in [5.74, 6) is -7.98. The number of phenols is 1. The Labute approximate surface area is 223 Å². The maximum atomic E-state index is 14.1. The summed E-state index contributed by atoms with van der Waals surface area (Å²) in [5.41, 5.74) is 1.14. The van der Waals surface area contributed by atoms with Crippen LogP contribution in [0.4, 0.5) is 5.69 Å². The van der Waals surface area contributed by atoms with E-state index in [1.807, 2.05) is 0 Å². The van der Waals surface area contributed by atoms with Gasteiger partial charge in [0.1, 0.15) is 28.9 Å². The molecule has 6 N–H and O–H groups in total. The largest absolute Gasteiger partial charge is 0.508 e. The quantitative estimate of drug-likeness (QED) is 0.204. The van der Waals surface area contributed by atoms with Gasteiger partial charge in [-0.2, -0.15) is 0 Å². The molecule has 0 aromatic heterocycles. The molecule has 1 amide bonds. The molecular weight excluding hydrogens is 510 g/mol. The highest BCUT2D eigenvalue weighted by Gasteiger charge is 2.69. The summed E-state index contributed by atoms with van der Waals surface area (Å²) in [5, 5.41) is 45.4. The van der Waals surface area contributed by atoms with Gasteiger partial charge in [0.05, 0.1) is 17.5 Å². The number of esters is 1. The van der Waals surface area contributed by atoms with Gasteiger partial charge >= 0.3 is 5.97 Å². The maximum absolute atomic E-state index is 14.1. The molecular formula is C27H29N3O9. The number of phenolic OH excluding ortho intramolecular Hbond substituents is 1. The Hall–Kier alpha value is -4.25. The summed E-state index contributed by atoms with van der Waals surface area (Å²) in [6.45, 7) is 6.55. The Balaban J connectivity index is 2.13. The first kappa shape index (κ1) is 27.8. The van der Waals surface area contributed by atoms with Crippen molar-refractivity contribution in [2.75, 3.05) is 14.1 Å². The van der Waals surface area contributed by atoms with Gasteiger partial charge in [0.15, 0.2) is 17.1 Å². The molecule has 12 heteroatoms. The third-order valence-corrected chi connectivity index (χ3v) is 7.84. The second kappa shape index (κ2) is 9.49. The molecule has 12 nitrogen and oxygen atoms in total. The maximum Gasteiger partial charge on any atom is 0.305 e. The number of fused-ring (bicyclic) bond motifs is 3. The van der Waals surface area contributed by atoms with Crippen molar-refractivity contribution in [2.45, 2.75) is 43.9 Å². The fourth-order valence-corrected chi connectivity index (χ4v) is 6.13. The number of carbonyl (C=O) groups excluding carboxylic acids is 4. The number of ketones is 2. The number of ether oxygens (including phenoxy) is 1. The monoisotopic (exact) mass is 539 g/mol. The average molecular weight is 540 g/mol. The molecule has 0 bridgehead atoms. The molecule has 6 unspecified atom stereocenters. The highest BCUT2D eigenvalue weighted by molar-refractivity contribution is 6.24.